The van der Waals surface area contributed by atoms with E-state index in [1.54, 1.807) is 24.5 Å². The Morgan fingerprint density at radius 1 is 1.07 bits per heavy atom. The average Bonchev–Trinajstić information content (AvgIpc) is 3.19. The summed E-state index contributed by atoms with van der Waals surface area (Å²) in [4.78, 5) is 13.4. The first kappa shape index (κ1) is 19.4. The topological polar surface area (TPSA) is 76.5 Å². The van der Waals surface area contributed by atoms with E-state index in [1.165, 1.54) is 35.2 Å². The third-order valence-electron chi connectivity index (χ3n) is 4.21. The Morgan fingerprint density at radius 3 is 2.66 bits per heavy atom. The molecule has 0 spiro atoms. The zero-order valence-electron chi connectivity index (χ0n) is 15.8. The van der Waals surface area contributed by atoms with Gasteiger partial charge in [0.2, 0.25) is 5.13 Å². The fourth-order valence-corrected chi connectivity index (χ4v) is 4.30. The fourth-order valence-electron chi connectivity index (χ4n) is 2.51. The van der Waals surface area contributed by atoms with Crippen LogP contribution in [0, 0.1) is 19.7 Å². The van der Waals surface area contributed by atoms with Gasteiger partial charge in [0.15, 0.2) is 10.2 Å². The second-order valence-electron chi connectivity index (χ2n) is 6.26. The van der Waals surface area contributed by atoms with Crippen molar-refractivity contribution < 1.29 is 4.39 Å². The summed E-state index contributed by atoms with van der Waals surface area (Å²) < 4.78 is 13.8. The normalized spacial score (nSPS) is 10.9. The molecule has 0 aliphatic rings. The number of pyridine rings is 1. The van der Waals surface area contributed by atoms with Crippen LogP contribution in [0.5, 0.6) is 0 Å². The lowest BCUT2D eigenvalue weighted by atomic mass is 10.2. The number of rotatable bonds is 6. The van der Waals surface area contributed by atoms with E-state index in [0.717, 1.165) is 31.7 Å². The maximum absolute atomic E-state index is 13.0. The number of anilines is 1. The molecule has 3 heterocycles. The Labute approximate surface area is 175 Å². The number of halogens is 1. The third kappa shape index (κ3) is 4.75. The lowest BCUT2D eigenvalue weighted by Gasteiger charge is -2.08. The van der Waals surface area contributed by atoms with Gasteiger partial charge in [0.05, 0.1) is 0 Å². The highest BCUT2D eigenvalue weighted by Gasteiger charge is 2.14. The van der Waals surface area contributed by atoms with E-state index in [1.807, 2.05) is 26.0 Å². The molecule has 29 heavy (non-hydrogen) atoms. The van der Waals surface area contributed by atoms with Gasteiger partial charge in [0.25, 0.3) is 0 Å². The van der Waals surface area contributed by atoms with Gasteiger partial charge in [-0.05, 0) is 55.4 Å². The number of benzene rings is 1. The van der Waals surface area contributed by atoms with Crippen LogP contribution in [-0.4, -0.2) is 25.1 Å². The van der Waals surface area contributed by atoms with Crippen molar-refractivity contribution in [3.05, 3.63) is 71.4 Å². The largest absolute Gasteiger partial charge is 0.356 e. The molecule has 0 unspecified atom stereocenters. The molecule has 6 nitrogen and oxygen atoms in total. The second kappa shape index (κ2) is 8.62. The van der Waals surface area contributed by atoms with Crippen molar-refractivity contribution in [2.45, 2.75) is 29.8 Å². The number of nitrogens with zero attached hydrogens (tertiary/aromatic N) is 5. The van der Waals surface area contributed by atoms with Crippen molar-refractivity contribution in [3.8, 4) is 11.4 Å². The molecule has 3 aromatic heterocycles. The highest BCUT2D eigenvalue weighted by molar-refractivity contribution is 8.01. The van der Waals surface area contributed by atoms with E-state index in [4.69, 9.17) is 4.98 Å². The van der Waals surface area contributed by atoms with Gasteiger partial charge < -0.3 is 5.32 Å². The standard InChI is InChI=1S/C20H17FN6S2/c1-12-13(2)24-17(15-4-3-9-22-11-15)25-18(12)28-20-27-26-19(29-20)23-10-14-5-7-16(21)8-6-14/h3-9,11H,10H2,1-2H3,(H,23,26). The summed E-state index contributed by atoms with van der Waals surface area (Å²) in [6, 6.07) is 10.2. The fraction of sp³-hybridized carbons (Fsp3) is 0.150. The van der Waals surface area contributed by atoms with Crippen LogP contribution < -0.4 is 5.32 Å². The number of hydrogen-bond donors (Lipinski definition) is 1. The molecule has 0 atom stereocenters. The Hall–Kier alpha value is -2.91. The number of aryl methyl sites for hydroxylation is 1. The summed E-state index contributed by atoms with van der Waals surface area (Å²) >= 11 is 2.91. The quantitative estimate of drug-likeness (QED) is 0.441. The van der Waals surface area contributed by atoms with Crippen molar-refractivity contribution in [2.24, 2.45) is 0 Å². The summed E-state index contributed by atoms with van der Waals surface area (Å²) in [7, 11) is 0. The minimum atomic E-state index is -0.246. The SMILES string of the molecule is Cc1nc(-c2cccnc2)nc(Sc2nnc(NCc3ccc(F)cc3)s2)c1C. The zero-order valence-corrected chi connectivity index (χ0v) is 17.4. The van der Waals surface area contributed by atoms with Crippen LogP contribution in [0.4, 0.5) is 9.52 Å². The summed E-state index contributed by atoms with van der Waals surface area (Å²) in [6.07, 6.45) is 3.48. The average molecular weight is 425 g/mol. The molecule has 1 aromatic carbocycles. The molecule has 9 heteroatoms. The molecule has 4 rings (SSSR count). The predicted molar refractivity (Wildman–Crippen MR) is 112 cm³/mol. The molecular weight excluding hydrogens is 407 g/mol. The molecule has 0 bridgehead atoms. The molecule has 0 saturated carbocycles. The summed E-state index contributed by atoms with van der Waals surface area (Å²) in [5.41, 5.74) is 3.77. The Kier molecular flexibility index (Phi) is 5.77. The van der Waals surface area contributed by atoms with Gasteiger partial charge in [-0.15, -0.1) is 10.2 Å². The maximum Gasteiger partial charge on any atom is 0.206 e. The minimum Gasteiger partial charge on any atom is -0.356 e. The van der Waals surface area contributed by atoms with Crippen LogP contribution in [0.15, 0.2) is 58.2 Å². The Morgan fingerprint density at radius 2 is 1.90 bits per heavy atom. The summed E-state index contributed by atoms with van der Waals surface area (Å²) in [5.74, 6) is 0.396. The number of hydrogen-bond acceptors (Lipinski definition) is 8. The lowest BCUT2D eigenvalue weighted by molar-refractivity contribution is 0.627. The van der Waals surface area contributed by atoms with Gasteiger partial charge in [-0.1, -0.05) is 23.5 Å². The van der Waals surface area contributed by atoms with Crippen LogP contribution in [0.2, 0.25) is 0 Å². The van der Waals surface area contributed by atoms with Crippen molar-refractivity contribution in [2.75, 3.05) is 5.32 Å². The van der Waals surface area contributed by atoms with E-state index in [0.29, 0.717) is 17.5 Å². The minimum absolute atomic E-state index is 0.246. The van der Waals surface area contributed by atoms with Crippen molar-refractivity contribution >= 4 is 28.2 Å². The number of nitrogens with one attached hydrogen (secondary N) is 1. The van der Waals surface area contributed by atoms with Crippen LogP contribution >= 0.6 is 23.1 Å². The van der Waals surface area contributed by atoms with Gasteiger partial charge >= 0.3 is 0 Å². The molecule has 0 aliphatic carbocycles. The van der Waals surface area contributed by atoms with Gasteiger partial charge in [-0.25, -0.2) is 14.4 Å². The molecule has 1 N–H and O–H groups in total. The van der Waals surface area contributed by atoms with Crippen LogP contribution in [0.1, 0.15) is 16.8 Å². The van der Waals surface area contributed by atoms with Gasteiger partial charge in [-0.2, -0.15) is 0 Å². The van der Waals surface area contributed by atoms with E-state index in [-0.39, 0.29) is 5.82 Å². The van der Waals surface area contributed by atoms with Crippen LogP contribution in [0.3, 0.4) is 0 Å². The predicted octanol–water partition coefficient (Wildman–Crippen LogP) is 4.91. The molecule has 0 saturated heterocycles. The highest BCUT2D eigenvalue weighted by Crippen LogP contribution is 2.34. The Balaban J connectivity index is 1.49. The monoisotopic (exact) mass is 424 g/mol. The molecule has 4 aromatic rings. The summed E-state index contributed by atoms with van der Waals surface area (Å²) in [5, 5.41) is 13.2. The molecular formula is C20H17FN6S2. The molecule has 0 radical (unpaired) electrons. The van der Waals surface area contributed by atoms with Gasteiger partial charge in [0.1, 0.15) is 10.8 Å². The first-order chi connectivity index (χ1) is 14.1. The first-order valence-corrected chi connectivity index (χ1v) is 10.5. The third-order valence-corrected chi connectivity index (χ3v) is 6.23. The van der Waals surface area contributed by atoms with E-state index < -0.39 is 0 Å². The van der Waals surface area contributed by atoms with Crippen LogP contribution in [-0.2, 0) is 6.54 Å². The first-order valence-electron chi connectivity index (χ1n) is 8.84. The van der Waals surface area contributed by atoms with Crippen LogP contribution in [0.25, 0.3) is 11.4 Å². The van der Waals surface area contributed by atoms with E-state index >= 15 is 0 Å². The molecule has 0 fully saturated rings. The smallest absolute Gasteiger partial charge is 0.206 e. The van der Waals surface area contributed by atoms with Gasteiger partial charge in [0, 0.05) is 35.8 Å². The van der Waals surface area contributed by atoms with E-state index in [9.17, 15) is 4.39 Å². The van der Waals surface area contributed by atoms with Crippen molar-refractivity contribution in [1.29, 1.82) is 0 Å². The van der Waals surface area contributed by atoms with E-state index in [2.05, 4.69) is 25.5 Å². The molecule has 0 aliphatic heterocycles. The maximum atomic E-state index is 13.0. The zero-order chi connectivity index (χ0) is 20.2. The molecule has 0 amide bonds. The van der Waals surface area contributed by atoms with Crippen molar-refractivity contribution in [3.63, 3.8) is 0 Å². The Bertz CT molecular complexity index is 1120. The second-order valence-corrected chi connectivity index (χ2v) is 8.47. The lowest BCUT2D eigenvalue weighted by Crippen LogP contribution is -1.98. The van der Waals surface area contributed by atoms with Crippen molar-refractivity contribution in [1.82, 2.24) is 25.1 Å². The highest BCUT2D eigenvalue weighted by atomic mass is 32.2. The van der Waals surface area contributed by atoms with Gasteiger partial charge in [-0.3, -0.25) is 4.98 Å². The number of aromatic nitrogens is 5. The summed E-state index contributed by atoms with van der Waals surface area (Å²) in [6.45, 7) is 4.52. The molecule has 146 valence electrons.